The summed E-state index contributed by atoms with van der Waals surface area (Å²) in [5.41, 5.74) is 2.48. The number of allylic oxidation sites excluding steroid dienone is 1. The van der Waals surface area contributed by atoms with Crippen molar-refractivity contribution in [2.75, 3.05) is 26.4 Å². The predicted octanol–water partition coefficient (Wildman–Crippen LogP) is 0.0165. The highest BCUT2D eigenvalue weighted by atomic mass is 16.5. The van der Waals surface area contributed by atoms with E-state index in [0.29, 0.717) is 32.1 Å². The van der Waals surface area contributed by atoms with Crippen LogP contribution in [0.15, 0.2) is 12.3 Å². The highest BCUT2D eigenvalue weighted by Crippen LogP contribution is 1.88. The SMILES string of the molecule is C=C(C)OCCOCCNN. The monoisotopic (exact) mass is 160 g/mol. The number of hydrogen-bond acceptors (Lipinski definition) is 4. The van der Waals surface area contributed by atoms with Gasteiger partial charge in [0.25, 0.3) is 0 Å². The zero-order valence-electron chi connectivity index (χ0n) is 6.93. The fourth-order valence-electron chi connectivity index (χ4n) is 0.508. The molecule has 0 rings (SSSR count). The molecule has 11 heavy (non-hydrogen) atoms. The second-order valence-corrected chi connectivity index (χ2v) is 2.12. The highest BCUT2D eigenvalue weighted by Gasteiger charge is 1.87. The van der Waals surface area contributed by atoms with Gasteiger partial charge in [-0.15, -0.1) is 0 Å². The molecule has 0 aromatic carbocycles. The van der Waals surface area contributed by atoms with Crippen LogP contribution in [-0.4, -0.2) is 26.4 Å². The van der Waals surface area contributed by atoms with Crippen LogP contribution < -0.4 is 11.3 Å². The van der Waals surface area contributed by atoms with Crippen molar-refractivity contribution in [3.05, 3.63) is 12.3 Å². The molecule has 0 bridgehead atoms. The van der Waals surface area contributed by atoms with Crippen LogP contribution >= 0.6 is 0 Å². The van der Waals surface area contributed by atoms with Crippen LogP contribution in [0.25, 0.3) is 0 Å². The lowest BCUT2D eigenvalue weighted by molar-refractivity contribution is 0.0780. The van der Waals surface area contributed by atoms with Crippen LogP contribution in [0.4, 0.5) is 0 Å². The molecule has 4 heteroatoms. The summed E-state index contributed by atoms with van der Waals surface area (Å²) in [6.45, 7) is 7.79. The second-order valence-electron chi connectivity index (χ2n) is 2.12. The van der Waals surface area contributed by atoms with Gasteiger partial charge in [-0.05, 0) is 6.92 Å². The number of rotatable bonds is 7. The molecule has 0 aliphatic rings. The van der Waals surface area contributed by atoms with Crippen molar-refractivity contribution < 1.29 is 9.47 Å². The van der Waals surface area contributed by atoms with Crippen molar-refractivity contribution in [2.45, 2.75) is 6.92 Å². The van der Waals surface area contributed by atoms with Gasteiger partial charge in [-0.3, -0.25) is 11.3 Å². The lowest BCUT2D eigenvalue weighted by Crippen LogP contribution is -2.26. The van der Waals surface area contributed by atoms with E-state index in [-0.39, 0.29) is 0 Å². The lowest BCUT2D eigenvalue weighted by Gasteiger charge is -2.05. The second kappa shape index (κ2) is 7.53. The van der Waals surface area contributed by atoms with Crippen LogP contribution in [0.5, 0.6) is 0 Å². The van der Waals surface area contributed by atoms with E-state index in [0.717, 1.165) is 0 Å². The molecule has 0 fully saturated rings. The van der Waals surface area contributed by atoms with Gasteiger partial charge in [0.2, 0.25) is 0 Å². The van der Waals surface area contributed by atoms with E-state index in [9.17, 15) is 0 Å². The van der Waals surface area contributed by atoms with Gasteiger partial charge in [-0.2, -0.15) is 0 Å². The summed E-state index contributed by atoms with van der Waals surface area (Å²) in [4.78, 5) is 0. The molecule has 0 aliphatic heterocycles. The topological polar surface area (TPSA) is 56.5 Å². The van der Waals surface area contributed by atoms with Crippen molar-refractivity contribution in [1.82, 2.24) is 5.43 Å². The third kappa shape index (κ3) is 9.42. The van der Waals surface area contributed by atoms with Crippen LogP contribution in [0.1, 0.15) is 6.92 Å². The zero-order chi connectivity index (χ0) is 8.53. The first-order valence-corrected chi connectivity index (χ1v) is 3.57. The van der Waals surface area contributed by atoms with Crippen molar-refractivity contribution in [1.29, 1.82) is 0 Å². The molecule has 0 aliphatic carbocycles. The van der Waals surface area contributed by atoms with Gasteiger partial charge in [-0.25, -0.2) is 0 Å². The highest BCUT2D eigenvalue weighted by molar-refractivity contribution is 4.72. The van der Waals surface area contributed by atoms with Gasteiger partial charge < -0.3 is 9.47 Å². The molecule has 0 amide bonds. The van der Waals surface area contributed by atoms with E-state index >= 15 is 0 Å². The fraction of sp³-hybridized carbons (Fsp3) is 0.714. The fourth-order valence-corrected chi connectivity index (χ4v) is 0.508. The Hall–Kier alpha value is -0.580. The number of hydrazine groups is 1. The maximum atomic E-state index is 5.12. The van der Waals surface area contributed by atoms with Crippen LogP contribution in [0.3, 0.4) is 0 Å². The van der Waals surface area contributed by atoms with Gasteiger partial charge in [0.15, 0.2) is 0 Å². The molecule has 0 heterocycles. The Morgan fingerprint density at radius 1 is 1.45 bits per heavy atom. The molecule has 0 atom stereocenters. The van der Waals surface area contributed by atoms with E-state index < -0.39 is 0 Å². The number of hydrogen-bond donors (Lipinski definition) is 2. The van der Waals surface area contributed by atoms with Crippen molar-refractivity contribution in [3.63, 3.8) is 0 Å². The summed E-state index contributed by atoms with van der Waals surface area (Å²) >= 11 is 0. The molecule has 0 saturated heterocycles. The molecule has 0 aromatic heterocycles. The Bertz CT molecular complexity index is 107. The summed E-state index contributed by atoms with van der Waals surface area (Å²) in [5, 5.41) is 0. The van der Waals surface area contributed by atoms with E-state index in [1.54, 1.807) is 6.92 Å². The van der Waals surface area contributed by atoms with E-state index in [1.807, 2.05) is 0 Å². The van der Waals surface area contributed by atoms with E-state index in [1.165, 1.54) is 0 Å². The molecule has 4 nitrogen and oxygen atoms in total. The summed E-state index contributed by atoms with van der Waals surface area (Å²) in [5.74, 6) is 5.73. The van der Waals surface area contributed by atoms with Crippen molar-refractivity contribution in [3.8, 4) is 0 Å². The molecular weight excluding hydrogens is 144 g/mol. The van der Waals surface area contributed by atoms with Gasteiger partial charge >= 0.3 is 0 Å². The average Bonchev–Trinajstić information content (AvgIpc) is 1.96. The zero-order valence-corrected chi connectivity index (χ0v) is 6.93. The van der Waals surface area contributed by atoms with Gasteiger partial charge in [-0.1, -0.05) is 6.58 Å². The first-order chi connectivity index (χ1) is 5.27. The lowest BCUT2D eigenvalue weighted by atomic mass is 10.6. The van der Waals surface area contributed by atoms with Crippen LogP contribution in [-0.2, 0) is 9.47 Å². The van der Waals surface area contributed by atoms with Gasteiger partial charge in [0, 0.05) is 6.54 Å². The maximum Gasteiger partial charge on any atom is 0.111 e. The molecule has 66 valence electrons. The Morgan fingerprint density at radius 2 is 2.18 bits per heavy atom. The van der Waals surface area contributed by atoms with Crippen molar-refractivity contribution >= 4 is 0 Å². The Balaban J connectivity index is 2.85. The predicted molar refractivity (Wildman–Crippen MR) is 43.8 cm³/mol. The summed E-state index contributed by atoms with van der Waals surface area (Å²) in [7, 11) is 0. The molecule has 3 N–H and O–H groups in total. The standard InChI is InChI=1S/C7H16N2O2/c1-7(2)11-6-5-10-4-3-9-8/h9H,1,3-6,8H2,2H3. The number of ether oxygens (including phenoxy) is 2. The largest absolute Gasteiger partial charge is 0.496 e. The molecule has 0 radical (unpaired) electrons. The molecule has 0 spiro atoms. The van der Waals surface area contributed by atoms with E-state index in [4.69, 9.17) is 15.3 Å². The minimum absolute atomic E-state index is 0.555. The average molecular weight is 160 g/mol. The summed E-state index contributed by atoms with van der Waals surface area (Å²) in [6, 6.07) is 0. The minimum atomic E-state index is 0.555. The first-order valence-electron chi connectivity index (χ1n) is 3.57. The molecular formula is C7H16N2O2. The maximum absolute atomic E-state index is 5.12. The Kier molecular flexibility index (Phi) is 7.13. The molecule has 0 aromatic rings. The quantitative estimate of drug-likeness (QED) is 0.238. The van der Waals surface area contributed by atoms with Gasteiger partial charge in [0.1, 0.15) is 6.61 Å². The van der Waals surface area contributed by atoms with Gasteiger partial charge in [0.05, 0.1) is 19.0 Å². The molecule has 0 saturated carbocycles. The normalized spacial score (nSPS) is 9.64. The van der Waals surface area contributed by atoms with Crippen molar-refractivity contribution in [2.24, 2.45) is 5.84 Å². The Labute approximate surface area is 67.3 Å². The summed E-state index contributed by atoms with van der Waals surface area (Å²) in [6.07, 6.45) is 0. The minimum Gasteiger partial charge on any atom is -0.496 e. The van der Waals surface area contributed by atoms with Crippen LogP contribution in [0.2, 0.25) is 0 Å². The number of nitrogens with two attached hydrogens (primary N) is 1. The smallest absolute Gasteiger partial charge is 0.111 e. The Morgan fingerprint density at radius 3 is 2.73 bits per heavy atom. The third-order valence-corrected chi connectivity index (χ3v) is 0.967. The number of nitrogens with one attached hydrogen (secondary N) is 1. The van der Waals surface area contributed by atoms with Crippen LogP contribution in [0, 0.1) is 0 Å². The summed E-state index contributed by atoms with van der Waals surface area (Å²) < 4.78 is 10.2. The molecule has 0 unspecified atom stereocenters. The van der Waals surface area contributed by atoms with E-state index in [2.05, 4.69) is 12.0 Å². The third-order valence-electron chi connectivity index (χ3n) is 0.967. The first kappa shape index (κ1) is 10.4.